The predicted octanol–water partition coefficient (Wildman–Crippen LogP) is 3.43. The van der Waals surface area contributed by atoms with E-state index < -0.39 is 0 Å². The van der Waals surface area contributed by atoms with Crippen LogP contribution in [-0.2, 0) is 11.3 Å². The quantitative estimate of drug-likeness (QED) is 0.879. The molecule has 2 aromatic rings. The van der Waals surface area contributed by atoms with Gasteiger partial charge in [0.15, 0.2) is 0 Å². The second-order valence-electron chi connectivity index (χ2n) is 7.51. The van der Waals surface area contributed by atoms with Crippen molar-refractivity contribution in [2.24, 2.45) is 5.92 Å². The molecule has 3 rings (SSSR count). The van der Waals surface area contributed by atoms with Crippen LogP contribution < -0.4 is 0 Å². The summed E-state index contributed by atoms with van der Waals surface area (Å²) in [6.45, 7) is 5.18. The number of aromatic hydroxyl groups is 1. The number of hydrogen-bond donors (Lipinski definition) is 1. The monoisotopic (exact) mass is 384 g/mol. The van der Waals surface area contributed by atoms with Gasteiger partial charge in [0, 0.05) is 31.6 Å². The first-order valence-electron chi connectivity index (χ1n) is 9.47. The van der Waals surface area contributed by atoms with Crippen LogP contribution in [0.2, 0.25) is 0 Å². The number of phenolic OH excluding ortho intramolecular Hbond substituents is 1. The van der Waals surface area contributed by atoms with Gasteiger partial charge in [-0.3, -0.25) is 9.59 Å². The van der Waals surface area contributed by atoms with E-state index >= 15 is 0 Å². The Kier molecular flexibility index (Phi) is 5.97. The molecule has 0 saturated carbocycles. The number of nitrogens with zero attached hydrogens (tertiary/aromatic N) is 2. The first-order chi connectivity index (χ1) is 13.3. The van der Waals surface area contributed by atoms with Gasteiger partial charge in [0.2, 0.25) is 5.91 Å². The average Bonchev–Trinajstić information content (AvgIpc) is 2.83. The van der Waals surface area contributed by atoms with Crippen LogP contribution in [0.25, 0.3) is 0 Å². The fraction of sp³-hybridized carbons (Fsp3) is 0.364. The van der Waals surface area contributed by atoms with Crippen LogP contribution in [0.15, 0.2) is 48.5 Å². The lowest BCUT2D eigenvalue weighted by Crippen LogP contribution is -2.47. The van der Waals surface area contributed by atoms with Gasteiger partial charge in [0.05, 0.1) is 6.04 Å². The third kappa shape index (κ3) is 4.50. The molecule has 6 heteroatoms. The Labute approximate surface area is 164 Å². The van der Waals surface area contributed by atoms with Crippen LogP contribution in [0.4, 0.5) is 4.39 Å². The van der Waals surface area contributed by atoms with E-state index in [4.69, 9.17) is 0 Å². The van der Waals surface area contributed by atoms with Crippen LogP contribution >= 0.6 is 0 Å². The van der Waals surface area contributed by atoms with Crippen molar-refractivity contribution in [1.29, 1.82) is 0 Å². The van der Waals surface area contributed by atoms with E-state index in [9.17, 15) is 19.1 Å². The highest BCUT2D eigenvalue weighted by atomic mass is 19.1. The predicted molar refractivity (Wildman–Crippen MR) is 104 cm³/mol. The number of carbonyl (C=O) groups excluding carboxylic acids is 2. The van der Waals surface area contributed by atoms with Crippen molar-refractivity contribution in [3.63, 3.8) is 0 Å². The van der Waals surface area contributed by atoms with Crippen LogP contribution in [0, 0.1) is 11.7 Å². The summed E-state index contributed by atoms with van der Waals surface area (Å²) in [5.41, 5.74) is 1.26. The van der Waals surface area contributed by atoms with Gasteiger partial charge in [-0.1, -0.05) is 32.0 Å². The zero-order valence-electron chi connectivity index (χ0n) is 16.1. The maximum atomic E-state index is 13.2. The fourth-order valence-electron chi connectivity index (χ4n) is 3.54. The molecule has 1 atom stereocenters. The third-order valence-electron chi connectivity index (χ3n) is 5.14. The van der Waals surface area contributed by atoms with Crippen molar-refractivity contribution in [2.75, 3.05) is 13.1 Å². The minimum absolute atomic E-state index is 0.0192. The highest BCUT2D eigenvalue weighted by Gasteiger charge is 2.33. The first-order valence-corrected chi connectivity index (χ1v) is 9.47. The van der Waals surface area contributed by atoms with Gasteiger partial charge in [-0.2, -0.15) is 0 Å². The summed E-state index contributed by atoms with van der Waals surface area (Å²) in [5.74, 6) is -0.349. The third-order valence-corrected chi connectivity index (χ3v) is 5.14. The van der Waals surface area contributed by atoms with Gasteiger partial charge in [-0.15, -0.1) is 0 Å². The Balaban J connectivity index is 1.83. The lowest BCUT2D eigenvalue weighted by molar-refractivity contribution is -0.134. The van der Waals surface area contributed by atoms with Crippen molar-refractivity contribution in [3.8, 4) is 5.75 Å². The standard InChI is InChI=1S/C22H25FN2O3/c1-15(2)20-14-24(22(28)17-4-3-5-19(26)12-17)11-10-21(27)25(20)13-16-6-8-18(23)9-7-16/h3-9,12,15,20,26H,10-11,13-14H2,1-2H3/t20-/m0/s1. The van der Waals surface area contributed by atoms with Gasteiger partial charge in [0.25, 0.3) is 5.91 Å². The topological polar surface area (TPSA) is 60.9 Å². The maximum absolute atomic E-state index is 13.2. The van der Waals surface area contributed by atoms with Gasteiger partial charge in [-0.05, 0) is 41.8 Å². The SMILES string of the molecule is CC(C)[C@@H]1CN(C(=O)c2cccc(O)c2)CCC(=O)N1Cc1ccc(F)cc1. The molecule has 0 spiro atoms. The van der Waals surface area contributed by atoms with Crippen LogP contribution in [0.3, 0.4) is 0 Å². The van der Waals surface area contributed by atoms with Crippen LogP contribution in [0.5, 0.6) is 5.75 Å². The number of carbonyl (C=O) groups is 2. The number of halogens is 1. The summed E-state index contributed by atoms with van der Waals surface area (Å²) >= 11 is 0. The molecule has 0 radical (unpaired) electrons. The second kappa shape index (κ2) is 8.42. The highest BCUT2D eigenvalue weighted by molar-refractivity contribution is 5.95. The van der Waals surface area contributed by atoms with Crippen molar-refractivity contribution < 1.29 is 19.1 Å². The van der Waals surface area contributed by atoms with Crippen molar-refractivity contribution in [1.82, 2.24) is 9.80 Å². The van der Waals surface area contributed by atoms with E-state index in [1.54, 1.807) is 34.1 Å². The summed E-state index contributed by atoms with van der Waals surface area (Å²) in [6, 6.07) is 12.2. The molecule has 0 unspecified atom stereocenters. The zero-order valence-corrected chi connectivity index (χ0v) is 16.1. The largest absolute Gasteiger partial charge is 0.508 e. The molecule has 1 fully saturated rings. The van der Waals surface area contributed by atoms with Crippen molar-refractivity contribution in [2.45, 2.75) is 32.9 Å². The molecule has 1 N–H and O–H groups in total. The van der Waals surface area contributed by atoms with Gasteiger partial charge in [-0.25, -0.2) is 4.39 Å². The van der Waals surface area contributed by atoms with Gasteiger partial charge in [0.1, 0.15) is 11.6 Å². The molecular formula is C22H25FN2O3. The number of rotatable bonds is 4. The molecule has 0 bridgehead atoms. The molecular weight excluding hydrogens is 359 g/mol. The molecule has 1 saturated heterocycles. The minimum atomic E-state index is -0.311. The summed E-state index contributed by atoms with van der Waals surface area (Å²) in [4.78, 5) is 29.2. The minimum Gasteiger partial charge on any atom is -0.508 e. The van der Waals surface area contributed by atoms with Crippen molar-refractivity contribution in [3.05, 3.63) is 65.5 Å². The summed E-state index contributed by atoms with van der Waals surface area (Å²) in [5, 5.41) is 9.66. The summed E-state index contributed by atoms with van der Waals surface area (Å²) < 4.78 is 13.2. The van der Waals surface area contributed by atoms with E-state index in [1.165, 1.54) is 24.3 Å². The highest BCUT2D eigenvalue weighted by Crippen LogP contribution is 2.23. The summed E-state index contributed by atoms with van der Waals surface area (Å²) in [7, 11) is 0. The lowest BCUT2D eigenvalue weighted by atomic mass is 10.0. The number of hydrogen-bond acceptors (Lipinski definition) is 3. The molecule has 1 aliphatic rings. The number of benzene rings is 2. The first kappa shape index (κ1) is 19.9. The van der Waals surface area contributed by atoms with Crippen LogP contribution in [0.1, 0.15) is 36.2 Å². The molecule has 2 amide bonds. The van der Waals surface area contributed by atoms with Gasteiger partial charge >= 0.3 is 0 Å². The van der Waals surface area contributed by atoms with E-state index in [2.05, 4.69) is 0 Å². The number of phenols is 1. The maximum Gasteiger partial charge on any atom is 0.254 e. The molecule has 2 aromatic carbocycles. The molecule has 5 nitrogen and oxygen atoms in total. The molecule has 0 aromatic heterocycles. The van der Waals surface area contributed by atoms with E-state index in [0.717, 1.165) is 5.56 Å². The van der Waals surface area contributed by atoms with Crippen LogP contribution in [-0.4, -0.2) is 45.9 Å². The smallest absolute Gasteiger partial charge is 0.254 e. The lowest BCUT2D eigenvalue weighted by Gasteiger charge is -2.34. The second-order valence-corrected chi connectivity index (χ2v) is 7.51. The Hall–Kier alpha value is -2.89. The normalized spacial score (nSPS) is 17.7. The zero-order chi connectivity index (χ0) is 20.3. The Morgan fingerprint density at radius 2 is 1.93 bits per heavy atom. The summed E-state index contributed by atoms with van der Waals surface area (Å²) in [6.07, 6.45) is 0.231. The van der Waals surface area contributed by atoms with Gasteiger partial charge < -0.3 is 14.9 Å². The van der Waals surface area contributed by atoms with E-state index in [0.29, 0.717) is 25.2 Å². The molecule has 28 heavy (non-hydrogen) atoms. The fourth-order valence-corrected chi connectivity index (χ4v) is 3.54. The van der Waals surface area contributed by atoms with E-state index in [-0.39, 0.29) is 41.8 Å². The molecule has 1 heterocycles. The Morgan fingerprint density at radius 1 is 1.21 bits per heavy atom. The molecule has 0 aliphatic carbocycles. The number of amides is 2. The van der Waals surface area contributed by atoms with E-state index in [1.807, 2.05) is 13.8 Å². The van der Waals surface area contributed by atoms with Crippen molar-refractivity contribution >= 4 is 11.8 Å². The Morgan fingerprint density at radius 3 is 2.57 bits per heavy atom. The molecule has 1 aliphatic heterocycles. The Bertz CT molecular complexity index is 851. The average molecular weight is 384 g/mol. The molecule has 148 valence electrons.